The molecule has 1 aromatic carbocycles. The van der Waals surface area contributed by atoms with Crippen LogP contribution in [0.4, 0.5) is 0 Å². The quantitative estimate of drug-likeness (QED) is 0.781. The van der Waals surface area contributed by atoms with Crippen LogP contribution in [0.15, 0.2) is 22.6 Å². The topological polar surface area (TPSA) is 67.7 Å². The molecular weight excluding hydrogens is 268 g/mol. The van der Waals surface area contributed by atoms with E-state index in [0.717, 1.165) is 16.8 Å². The third-order valence-corrected chi connectivity index (χ3v) is 3.66. The average molecular weight is 284 g/mol. The van der Waals surface area contributed by atoms with Gasteiger partial charge in [-0.3, -0.25) is 0 Å². The number of fused-ring (bicyclic) bond motifs is 1. The van der Waals surface area contributed by atoms with Crippen LogP contribution in [-0.4, -0.2) is 20.7 Å². The van der Waals surface area contributed by atoms with Crippen molar-refractivity contribution in [3.8, 4) is 11.3 Å². The Balaban J connectivity index is 2.35. The van der Waals surface area contributed by atoms with Crippen LogP contribution in [0, 0.1) is 27.7 Å². The molecule has 0 fully saturated rings. The Morgan fingerprint density at radius 2 is 1.95 bits per heavy atom. The normalized spacial score (nSPS) is 11.2. The van der Waals surface area contributed by atoms with E-state index in [9.17, 15) is 9.90 Å². The van der Waals surface area contributed by atoms with Crippen LogP contribution < -0.4 is 0 Å². The fraction of sp³-hybridized carbons (Fsp3) is 0.250. The van der Waals surface area contributed by atoms with Gasteiger partial charge in [-0.25, -0.2) is 4.79 Å². The summed E-state index contributed by atoms with van der Waals surface area (Å²) in [4.78, 5) is 11.4. The fourth-order valence-electron chi connectivity index (χ4n) is 2.72. The minimum atomic E-state index is -1.02. The molecular formula is C16H16N2O3. The number of oxazole rings is 1. The maximum absolute atomic E-state index is 11.4. The monoisotopic (exact) mass is 284 g/mol. The first-order chi connectivity index (χ1) is 9.90. The molecule has 0 aliphatic rings. The van der Waals surface area contributed by atoms with Gasteiger partial charge >= 0.3 is 5.97 Å². The predicted molar refractivity (Wildman–Crippen MR) is 78.8 cm³/mol. The lowest BCUT2D eigenvalue weighted by Gasteiger charge is -2.05. The third kappa shape index (κ3) is 1.93. The van der Waals surface area contributed by atoms with E-state index in [4.69, 9.17) is 4.42 Å². The number of carboxylic acid groups (broad SMARTS) is 1. The molecule has 3 rings (SSSR count). The second-order valence-electron chi connectivity index (χ2n) is 5.31. The van der Waals surface area contributed by atoms with Gasteiger partial charge in [0.05, 0.1) is 5.69 Å². The maximum Gasteiger partial charge on any atom is 0.343 e. The molecule has 0 aliphatic carbocycles. The molecule has 0 aliphatic heterocycles. The van der Waals surface area contributed by atoms with E-state index in [1.807, 2.05) is 32.9 Å². The molecule has 0 atom stereocenters. The van der Waals surface area contributed by atoms with E-state index < -0.39 is 5.97 Å². The highest BCUT2D eigenvalue weighted by Gasteiger charge is 2.24. The van der Waals surface area contributed by atoms with Crippen molar-refractivity contribution in [2.24, 2.45) is 0 Å². The zero-order chi connectivity index (χ0) is 15.3. The highest BCUT2D eigenvalue weighted by atomic mass is 16.4. The van der Waals surface area contributed by atoms with Crippen molar-refractivity contribution in [2.75, 3.05) is 0 Å². The number of carbonyl (C=O) groups is 1. The first-order valence-electron chi connectivity index (χ1n) is 6.69. The van der Waals surface area contributed by atoms with Crippen LogP contribution >= 0.6 is 0 Å². The number of aromatic nitrogens is 2. The number of aromatic carboxylic acids is 1. The van der Waals surface area contributed by atoms with Gasteiger partial charge in [-0.05, 0) is 33.3 Å². The zero-order valence-corrected chi connectivity index (χ0v) is 12.4. The Morgan fingerprint density at radius 1 is 1.24 bits per heavy atom. The van der Waals surface area contributed by atoms with Crippen molar-refractivity contribution in [3.63, 3.8) is 0 Å². The molecule has 3 aromatic rings. The minimum Gasteiger partial charge on any atom is -0.477 e. The summed E-state index contributed by atoms with van der Waals surface area (Å²) >= 11 is 0. The Labute approximate surface area is 121 Å². The number of nitrogens with zero attached hydrogens (tertiary/aromatic N) is 2. The summed E-state index contributed by atoms with van der Waals surface area (Å²) < 4.78 is 7.26. The van der Waals surface area contributed by atoms with Crippen LogP contribution in [0.1, 0.15) is 32.9 Å². The van der Waals surface area contributed by atoms with E-state index in [-0.39, 0.29) is 11.3 Å². The van der Waals surface area contributed by atoms with E-state index in [0.29, 0.717) is 11.5 Å². The van der Waals surface area contributed by atoms with Crippen molar-refractivity contribution in [2.45, 2.75) is 27.7 Å². The van der Waals surface area contributed by atoms with E-state index >= 15 is 0 Å². The number of hydrogen-bond acceptors (Lipinski definition) is 3. The molecule has 108 valence electrons. The largest absolute Gasteiger partial charge is 0.477 e. The van der Waals surface area contributed by atoms with Crippen LogP contribution in [0.3, 0.4) is 0 Å². The summed E-state index contributed by atoms with van der Waals surface area (Å²) in [5, 5.41) is 13.6. The molecule has 5 nitrogen and oxygen atoms in total. The van der Waals surface area contributed by atoms with Gasteiger partial charge in [0.1, 0.15) is 17.0 Å². The van der Waals surface area contributed by atoms with Crippen molar-refractivity contribution < 1.29 is 14.3 Å². The molecule has 1 N–H and O–H groups in total. The number of carboxylic acids is 1. The summed E-state index contributed by atoms with van der Waals surface area (Å²) in [5.41, 5.74) is 4.94. The van der Waals surface area contributed by atoms with Crippen molar-refractivity contribution in [1.82, 2.24) is 9.61 Å². The number of rotatable bonds is 2. The molecule has 2 heterocycles. The lowest BCUT2D eigenvalue weighted by molar-refractivity contribution is 0.0697. The number of hydrogen-bond donors (Lipinski definition) is 1. The highest BCUT2D eigenvalue weighted by Crippen LogP contribution is 2.32. The smallest absolute Gasteiger partial charge is 0.343 e. The maximum atomic E-state index is 11.4. The van der Waals surface area contributed by atoms with Crippen molar-refractivity contribution >= 4 is 11.7 Å². The second-order valence-corrected chi connectivity index (χ2v) is 5.31. The van der Waals surface area contributed by atoms with Gasteiger partial charge in [0.2, 0.25) is 5.71 Å². The minimum absolute atomic E-state index is 0.120. The van der Waals surface area contributed by atoms with Gasteiger partial charge in [0.15, 0.2) is 0 Å². The fourth-order valence-corrected chi connectivity index (χ4v) is 2.72. The number of benzene rings is 1. The summed E-state index contributed by atoms with van der Waals surface area (Å²) in [6, 6.07) is 6.12. The molecule has 0 amide bonds. The molecule has 2 aromatic heterocycles. The van der Waals surface area contributed by atoms with Crippen molar-refractivity contribution in [1.29, 1.82) is 0 Å². The first-order valence-corrected chi connectivity index (χ1v) is 6.69. The summed E-state index contributed by atoms with van der Waals surface area (Å²) in [5.74, 6) is -0.365. The first kappa shape index (κ1) is 13.4. The lowest BCUT2D eigenvalue weighted by atomic mass is 10.0. The van der Waals surface area contributed by atoms with Gasteiger partial charge in [-0.1, -0.05) is 23.8 Å². The molecule has 0 saturated carbocycles. The predicted octanol–water partition coefficient (Wildman–Crippen LogP) is 3.53. The zero-order valence-electron chi connectivity index (χ0n) is 12.4. The lowest BCUT2D eigenvalue weighted by Crippen LogP contribution is -1.96. The van der Waals surface area contributed by atoms with Gasteiger partial charge in [0, 0.05) is 5.56 Å². The van der Waals surface area contributed by atoms with Crippen LogP contribution in [0.5, 0.6) is 0 Å². The van der Waals surface area contributed by atoms with Gasteiger partial charge in [0.25, 0.3) is 0 Å². The van der Waals surface area contributed by atoms with E-state index in [1.54, 1.807) is 11.4 Å². The SMILES string of the molecule is Cc1ccc(-c2c(C)oc3c(C(=O)O)c(C)nn23)c(C)c1. The average Bonchev–Trinajstić information content (AvgIpc) is 2.83. The summed E-state index contributed by atoms with van der Waals surface area (Å²) in [7, 11) is 0. The third-order valence-electron chi connectivity index (χ3n) is 3.66. The Kier molecular flexibility index (Phi) is 2.86. The molecule has 0 unspecified atom stereocenters. The Bertz CT molecular complexity index is 871. The van der Waals surface area contributed by atoms with Gasteiger partial charge in [-0.15, -0.1) is 0 Å². The molecule has 21 heavy (non-hydrogen) atoms. The molecule has 0 radical (unpaired) electrons. The number of aryl methyl sites for hydroxylation is 4. The summed E-state index contributed by atoms with van der Waals surface area (Å²) in [6.07, 6.45) is 0. The molecule has 0 spiro atoms. The Hall–Kier alpha value is -2.56. The standard InChI is InChI=1S/C16H16N2O3/c1-8-5-6-12(9(2)7-8)14-11(4)21-15-13(16(19)20)10(3)17-18(14)15/h5-7H,1-4H3,(H,19,20). The van der Waals surface area contributed by atoms with E-state index in [1.165, 1.54) is 5.56 Å². The highest BCUT2D eigenvalue weighted by molar-refractivity contribution is 5.95. The molecule has 0 bridgehead atoms. The van der Waals surface area contributed by atoms with Gasteiger partial charge in [-0.2, -0.15) is 9.61 Å². The van der Waals surface area contributed by atoms with E-state index in [2.05, 4.69) is 11.2 Å². The van der Waals surface area contributed by atoms with Crippen LogP contribution in [0.25, 0.3) is 17.0 Å². The molecule has 0 saturated heterocycles. The second kappa shape index (κ2) is 4.48. The van der Waals surface area contributed by atoms with Crippen molar-refractivity contribution in [3.05, 3.63) is 46.3 Å². The van der Waals surface area contributed by atoms with Gasteiger partial charge < -0.3 is 9.52 Å². The summed E-state index contributed by atoms with van der Waals surface area (Å²) in [6.45, 7) is 7.56. The Morgan fingerprint density at radius 3 is 2.57 bits per heavy atom. The van der Waals surface area contributed by atoms with Crippen LogP contribution in [-0.2, 0) is 0 Å². The van der Waals surface area contributed by atoms with Crippen LogP contribution in [0.2, 0.25) is 0 Å². The molecule has 5 heteroatoms.